The molecule has 0 amide bonds. The number of fused-ring (bicyclic) bond motifs is 5. The summed E-state index contributed by atoms with van der Waals surface area (Å²) in [4.78, 5) is 12.4. The average Bonchev–Trinajstić information content (AvgIpc) is 3.01. The van der Waals surface area contributed by atoms with E-state index in [2.05, 4.69) is 6.92 Å². The molecule has 0 radical (unpaired) electrons. The highest BCUT2D eigenvalue weighted by molar-refractivity contribution is 5.87. The fourth-order valence-corrected chi connectivity index (χ4v) is 6.34. The van der Waals surface area contributed by atoms with Gasteiger partial charge in [0.1, 0.15) is 5.78 Å². The number of carbonyl (C=O) groups is 1. The van der Waals surface area contributed by atoms with E-state index in [1.807, 2.05) is 6.07 Å². The first kappa shape index (κ1) is 18.8. The van der Waals surface area contributed by atoms with Crippen LogP contribution in [0.2, 0.25) is 0 Å². The van der Waals surface area contributed by atoms with Gasteiger partial charge in [0.05, 0.1) is 5.56 Å². The lowest BCUT2D eigenvalue weighted by atomic mass is 9.55. The summed E-state index contributed by atoms with van der Waals surface area (Å²) < 4.78 is 55.8. The van der Waals surface area contributed by atoms with E-state index >= 15 is 0 Å². The van der Waals surface area contributed by atoms with Crippen LogP contribution in [0.1, 0.15) is 56.1 Å². The van der Waals surface area contributed by atoms with Gasteiger partial charge < -0.3 is 0 Å². The molecule has 2 aromatic rings. The van der Waals surface area contributed by atoms with Gasteiger partial charge in [0.25, 0.3) is 0 Å². The monoisotopic (exact) mass is 402 g/mol. The SMILES string of the molecule is C[C@]12CC[C@@H]3c4ccc(-c5c(F)c(F)cc(F)c5F)cc4CC[C@H]3[C@@H]1CCC2=O. The van der Waals surface area contributed by atoms with Gasteiger partial charge in [0, 0.05) is 17.9 Å². The Morgan fingerprint density at radius 3 is 2.38 bits per heavy atom. The van der Waals surface area contributed by atoms with Crippen LogP contribution in [0.3, 0.4) is 0 Å². The molecule has 0 saturated heterocycles. The highest BCUT2D eigenvalue weighted by atomic mass is 19.2. The Balaban J connectivity index is 1.54. The molecule has 4 atom stereocenters. The lowest BCUT2D eigenvalue weighted by Crippen LogP contribution is -2.42. The van der Waals surface area contributed by atoms with Gasteiger partial charge in [-0.05, 0) is 66.5 Å². The molecule has 0 spiro atoms. The van der Waals surface area contributed by atoms with E-state index in [1.165, 1.54) is 0 Å². The lowest BCUT2D eigenvalue weighted by molar-refractivity contribution is -0.129. The number of carbonyl (C=O) groups excluding carboxylic acids is 1. The number of hydrogen-bond donors (Lipinski definition) is 0. The van der Waals surface area contributed by atoms with Gasteiger partial charge >= 0.3 is 0 Å². The van der Waals surface area contributed by atoms with Crippen molar-refractivity contribution in [3.05, 3.63) is 58.7 Å². The molecule has 2 saturated carbocycles. The van der Waals surface area contributed by atoms with Crippen LogP contribution in [0.4, 0.5) is 17.6 Å². The van der Waals surface area contributed by atoms with Crippen LogP contribution in [-0.2, 0) is 11.2 Å². The molecule has 29 heavy (non-hydrogen) atoms. The molecule has 0 heterocycles. The summed E-state index contributed by atoms with van der Waals surface area (Å²) in [6.45, 7) is 2.12. The van der Waals surface area contributed by atoms with Crippen LogP contribution in [0, 0.1) is 40.5 Å². The molecule has 2 aromatic carbocycles. The molecule has 0 N–H and O–H groups in total. The van der Waals surface area contributed by atoms with E-state index in [0.29, 0.717) is 30.0 Å². The van der Waals surface area contributed by atoms with Crippen LogP contribution < -0.4 is 0 Å². The van der Waals surface area contributed by atoms with Gasteiger partial charge in [-0.3, -0.25) is 4.79 Å². The van der Waals surface area contributed by atoms with E-state index in [0.717, 1.165) is 43.2 Å². The summed E-state index contributed by atoms with van der Waals surface area (Å²) in [5.41, 5.74) is 1.45. The summed E-state index contributed by atoms with van der Waals surface area (Å²) in [5.74, 6) is -3.96. The molecule has 0 bridgehead atoms. The third-order valence-electron chi connectivity index (χ3n) is 7.84. The number of hydrogen-bond acceptors (Lipinski definition) is 1. The van der Waals surface area contributed by atoms with Gasteiger partial charge in [-0.15, -0.1) is 0 Å². The fraction of sp³-hybridized carbons (Fsp3) is 0.458. The Morgan fingerprint density at radius 1 is 0.931 bits per heavy atom. The zero-order valence-electron chi connectivity index (χ0n) is 16.2. The number of ketones is 1. The third kappa shape index (κ3) is 2.62. The first-order chi connectivity index (χ1) is 13.8. The van der Waals surface area contributed by atoms with Crippen LogP contribution >= 0.6 is 0 Å². The van der Waals surface area contributed by atoms with E-state index < -0.39 is 28.8 Å². The second kappa shape index (κ2) is 6.41. The van der Waals surface area contributed by atoms with Crippen molar-refractivity contribution in [1.82, 2.24) is 0 Å². The Bertz CT molecular complexity index is 1000. The van der Waals surface area contributed by atoms with Crippen LogP contribution in [-0.4, -0.2) is 5.78 Å². The van der Waals surface area contributed by atoms with Crippen molar-refractivity contribution in [2.45, 2.75) is 51.4 Å². The maximum absolute atomic E-state index is 14.2. The standard InChI is InChI=1S/C24H22F4O/c1-24-9-8-15-14-4-3-13(21-22(27)18(25)11-19(26)23(21)28)10-12(14)2-5-16(15)17(24)6-7-20(24)29/h3-4,10-11,15-17H,2,5-9H2,1H3/t15-,16-,17+,24+/m1/s1. The van der Waals surface area contributed by atoms with Crippen molar-refractivity contribution in [2.75, 3.05) is 0 Å². The second-order valence-electron chi connectivity index (χ2n) is 9.09. The van der Waals surface area contributed by atoms with Gasteiger partial charge in [0.15, 0.2) is 23.3 Å². The molecule has 1 nitrogen and oxygen atoms in total. The van der Waals surface area contributed by atoms with Gasteiger partial charge in [0.2, 0.25) is 0 Å². The Hall–Kier alpha value is -2.17. The van der Waals surface area contributed by atoms with Crippen LogP contribution in [0.15, 0.2) is 24.3 Å². The van der Waals surface area contributed by atoms with Crippen molar-refractivity contribution < 1.29 is 22.4 Å². The Kier molecular flexibility index (Phi) is 4.17. The van der Waals surface area contributed by atoms with Gasteiger partial charge in [-0.2, -0.15) is 0 Å². The minimum atomic E-state index is -1.39. The molecule has 5 heteroatoms. The zero-order chi connectivity index (χ0) is 20.5. The normalized spacial score (nSPS) is 30.7. The average molecular weight is 402 g/mol. The van der Waals surface area contributed by atoms with Crippen molar-refractivity contribution in [1.29, 1.82) is 0 Å². The predicted octanol–water partition coefficient (Wildman–Crippen LogP) is 6.34. The van der Waals surface area contributed by atoms with E-state index in [-0.39, 0.29) is 17.0 Å². The van der Waals surface area contributed by atoms with Crippen molar-refractivity contribution in [3.8, 4) is 11.1 Å². The fourth-order valence-electron chi connectivity index (χ4n) is 6.34. The Morgan fingerprint density at radius 2 is 1.66 bits per heavy atom. The van der Waals surface area contributed by atoms with Crippen molar-refractivity contribution in [2.24, 2.45) is 17.3 Å². The topological polar surface area (TPSA) is 17.1 Å². The minimum Gasteiger partial charge on any atom is -0.299 e. The molecule has 0 unspecified atom stereocenters. The van der Waals surface area contributed by atoms with Crippen molar-refractivity contribution in [3.63, 3.8) is 0 Å². The van der Waals surface area contributed by atoms with Gasteiger partial charge in [-0.25, -0.2) is 17.6 Å². The summed E-state index contributed by atoms with van der Waals surface area (Å²) in [6, 6.07) is 5.34. The maximum Gasteiger partial charge on any atom is 0.169 e. The summed E-state index contributed by atoms with van der Waals surface area (Å²) in [6.07, 6.45) is 5.08. The van der Waals surface area contributed by atoms with Crippen LogP contribution in [0.5, 0.6) is 0 Å². The summed E-state index contributed by atoms with van der Waals surface area (Å²) in [5, 5.41) is 0. The molecule has 152 valence electrons. The molecular weight excluding hydrogens is 380 g/mol. The van der Waals surface area contributed by atoms with Gasteiger partial charge in [-0.1, -0.05) is 25.1 Å². The third-order valence-corrected chi connectivity index (χ3v) is 7.84. The Labute approximate surface area is 167 Å². The number of Topliss-reactive ketones (excluding diaryl/α,β-unsaturated/α-hetero) is 1. The lowest BCUT2D eigenvalue weighted by Gasteiger charge is -2.48. The first-order valence-corrected chi connectivity index (χ1v) is 10.3. The number of rotatable bonds is 1. The molecule has 0 aliphatic heterocycles. The molecule has 0 aromatic heterocycles. The summed E-state index contributed by atoms with van der Waals surface area (Å²) in [7, 11) is 0. The van der Waals surface area contributed by atoms with E-state index in [1.54, 1.807) is 12.1 Å². The van der Waals surface area contributed by atoms with Crippen LogP contribution in [0.25, 0.3) is 11.1 Å². The summed E-state index contributed by atoms with van der Waals surface area (Å²) >= 11 is 0. The smallest absolute Gasteiger partial charge is 0.169 e. The number of halogens is 4. The molecule has 5 rings (SSSR count). The second-order valence-corrected chi connectivity index (χ2v) is 9.09. The molecule has 2 fully saturated rings. The van der Waals surface area contributed by atoms with E-state index in [4.69, 9.17) is 0 Å². The largest absolute Gasteiger partial charge is 0.299 e. The molecule has 3 aliphatic carbocycles. The zero-order valence-corrected chi connectivity index (χ0v) is 16.2. The first-order valence-electron chi connectivity index (χ1n) is 10.3. The highest BCUT2D eigenvalue weighted by Gasteiger charge is 2.54. The number of aryl methyl sites for hydroxylation is 1. The number of benzene rings is 2. The quantitative estimate of drug-likeness (QED) is 0.402. The predicted molar refractivity (Wildman–Crippen MR) is 101 cm³/mol. The van der Waals surface area contributed by atoms with E-state index in [9.17, 15) is 22.4 Å². The highest BCUT2D eigenvalue weighted by Crippen LogP contribution is 2.59. The maximum atomic E-state index is 14.2. The molecule has 3 aliphatic rings. The van der Waals surface area contributed by atoms with Crippen molar-refractivity contribution >= 4 is 5.78 Å². The minimum absolute atomic E-state index is 0.160. The molecular formula is C24H22F4O.